The number of halogens is 3. The molecule has 6 heteroatoms. The molecule has 0 unspecified atom stereocenters. The molecule has 3 nitrogen and oxygen atoms in total. The highest BCUT2D eigenvalue weighted by atomic mass is 79.9. The predicted octanol–water partition coefficient (Wildman–Crippen LogP) is 3.78. The summed E-state index contributed by atoms with van der Waals surface area (Å²) in [6.45, 7) is -0.0874. The average molecular weight is 341 g/mol. The minimum absolute atomic E-state index is 0.0874. The standard InChI is InChI=1S/C14H11BrF2N2O/c15-9-1-6-13(12(17)7-9)18-8-14(20)19-11-4-2-10(16)3-5-11/h1-7,18H,8H2,(H,19,20). The Balaban J connectivity index is 1.90. The third kappa shape index (κ3) is 4.03. The molecule has 0 saturated heterocycles. The Morgan fingerprint density at radius 3 is 2.45 bits per heavy atom. The Morgan fingerprint density at radius 2 is 1.80 bits per heavy atom. The molecule has 0 bridgehead atoms. The van der Waals surface area contributed by atoms with E-state index < -0.39 is 5.82 Å². The summed E-state index contributed by atoms with van der Waals surface area (Å²) in [5, 5.41) is 5.26. The fourth-order valence-corrected chi connectivity index (χ4v) is 1.88. The molecule has 0 fully saturated rings. The normalized spacial score (nSPS) is 10.2. The van der Waals surface area contributed by atoms with E-state index in [4.69, 9.17) is 0 Å². The zero-order valence-electron chi connectivity index (χ0n) is 10.3. The highest BCUT2D eigenvalue weighted by molar-refractivity contribution is 9.10. The highest BCUT2D eigenvalue weighted by Crippen LogP contribution is 2.19. The topological polar surface area (TPSA) is 41.1 Å². The van der Waals surface area contributed by atoms with Crippen LogP contribution in [0.4, 0.5) is 20.2 Å². The van der Waals surface area contributed by atoms with Gasteiger partial charge in [-0.05, 0) is 42.5 Å². The van der Waals surface area contributed by atoms with Crippen molar-refractivity contribution in [3.8, 4) is 0 Å². The molecular formula is C14H11BrF2N2O. The summed E-state index contributed by atoms with van der Waals surface area (Å²) < 4.78 is 26.8. The number of carbonyl (C=O) groups excluding carboxylic acids is 1. The summed E-state index contributed by atoms with van der Waals surface area (Å²) in [6.07, 6.45) is 0. The van der Waals surface area contributed by atoms with E-state index in [9.17, 15) is 13.6 Å². The third-order valence-electron chi connectivity index (χ3n) is 2.50. The van der Waals surface area contributed by atoms with Crippen LogP contribution in [0.1, 0.15) is 0 Å². The Labute approximate surface area is 123 Å². The van der Waals surface area contributed by atoms with Gasteiger partial charge in [0.25, 0.3) is 0 Å². The molecule has 0 aliphatic carbocycles. The van der Waals surface area contributed by atoms with Crippen LogP contribution in [0.25, 0.3) is 0 Å². The fraction of sp³-hybridized carbons (Fsp3) is 0.0714. The van der Waals surface area contributed by atoms with Gasteiger partial charge >= 0.3 is 0 Å². The van der Waals surface area contributed by atoms with Gasteiger partial charge in [-0.1, -0.05) is 15.9 Å². The second kappa shape index (κ2) is 6.47. The lowest BCUT2D eigenvalue weighted by atomic mass is 10.3. The molecule has 2 rings (SSSR count). The van der Waals surface area contributed by atoms with E-state index in [2.05, 4.69) is 26.6 Å². The van der Waals surface area contributed by atoms with Crippen LogP contribution < -0.4 is 10.6 Å². The van der Waals surface area contributed by atoms with E-state index >= 15 is 0 Å². The fourth-order valence-electron chi connectivity index (χ4n) is 1.55. The van der Waals surface area contributed by atoms with Crippen LogP contribution in [0.5, 0.6) is 0 Å². The maximum absolute atomic E-state index is 13.5. The van der Waals surface area contributed by atoms with Crippen LogP contribution in [-0.2, 0) is 4.79 Å². The zero-order valence-corrected chi connectivity index (χ0v) is 11.9. The molecule has 2 N–H and O–H groups in total. The smallest absolute Gasteiger partial charge is 0.243 e. The maximum Gasteiger partial charge on any atom is 0.243 e. The van der Waals surface area contributed by atoms with Gasteiger partial charge in [0.1, 0.15) is 11.6 Å². The van der Waals surface area contributed by atoms with Crippen molar-refractivity contribution in [1.82, 2.24) is 0 Å². The molecule has 0 heterocycles. The first-order chi connectivity index (χ1) is 9.54. The summed E-state index contributed by atoms with van der Waals surface area (Å²) in [6, 6.07) is 9.91. The Morgan fingerprint density at radius 1 is 1.10 bits per heavy atom. The second-order valence-corrected chi connectivity index (χ2v) is 4.95. The number of rotatable bonds is 4. The Kier molecular flexibility index (Phi) is 4.68. The largest absolute Gasteiger partial charge is 0.374 e. The molecule has 104 valence electrons. The molecule has 0 aliphatic heterocycles. The molecule has 0 radical (unpaired) electrons. The van der Waals surface area contributed by atoms with E-state index in [0.29, 0.717) is 10.2 Å². The van der Waals surface area contributed by atoms with Crippen molar-refractivity contribution in [3.63, 3.8) is 0 Å². The van der Waals surface area contributed by atoms with Gasteiger partial charge in [0.05, 0.1) is 12.2 Å². The lowest BCUT2D eigenvalue weighted by Crippen LogP contribution is -2.22. The zero-order chi connectivity index (χ0) is 14.5. The van der Waals surface area contributed by atoms with E-state index in [0.717, 1.165) is 0 Å². The molecule has 0 aliphatic rings. The first kappa shape index (κ1) is 14.5. The highest BCUT2D eigenvalue weighted by Gasteiger charge is 2.06. The van der Waals surface area contributed by atoms with Crippen molar-refractivity contribution in [2.24, 2.45) is 0 Å². The quantitative estimate of drug-likeness (QED) is 0.889. The van der Waals surface area contributed by atoms with Crippen LogP contribution in [0.2, 0.25) is 0 Å². The summed E-state index contributed by atoms with van der Waals surface area (Å²) in [7, 11) is 0. The van der Waals surface area contributed by atoms with Crippen molar-refractivity contribution >= 4 is 33.2 Å². The van der Waals surface area contributed by atoms with Crippen molar-refractivity contribution in [1.29, 1.82) is 0 Å². The number of benzene rings is 2. The van der Waals surface area contributed by atoms with Gasteiger partial charge < -0.3 is 10.6 Å². The van der Waals surface area contributed by atoms with Gasteiger partial charge in [-0.3, -0.25) is 4.79 Å². The predicted molar refractivity (Wildman–Crippen MR) is 77.6 cm³/mol. The van der Waals surface area contributed by atoms with Crippen LogP contribution >= 0.6 is 15.9 Å². The summed E-state index contributed by atoms with van der Waals surface area (Å²) in [4.78, 5) is 11.6. The van der Waals surface area contributed by atoms with Crippen LogP contribution in [0.15, 0.2) is 46.9 Å². The first-order valence-corrected chi connectivity index (χ1v) is 6.58. The lowest BCUT2D eigenvalue weighted by molar-refractivity contribution is -0.114. The molecule has 0 spiro atoms. The molecule has 2 aromatic carbocycles. The number of nitrogens with one attached hydrogen (secondary N) is 2. The van der Waals surface area contributed by atoms with Crippen molar-refractivity contribution < 1.29 is 13.6 Å². The van der Waals surface area contributed by atoms with E-state index in [1.54, 1.807) is 6.07 Å². The van der Waals surface area contributed by atoms with E-state index in [1.165, 1.54) is 36.4 Å². The molecule has 0 aromatic heterocycles. The first-order valence-electron chi connectivity index (χ1n) is 5.79. The van der Waals surface area contributed by atoms with Gasteiger partial charge in [-0.25, -0.2) is 8.78 Å². The van der Waals surface area contributed by atoms with Gasteiger partial charge in [0.2, 0.25) is 5.91 Å². The third-order valence-corrected chi connectivity index (χ3v) is 2.99. The van der Waals surface area contributed by atoms with Crippen LogP contribution in [0, 0.1) is 11.6 Å². The molecule has 0 atom stereocenters. The number of amides is 1. The van der Waals surface area contributed by atoms with Crippen molar-refractivity contribution in [3.05, 3.63) is 58.6 Å². The summed E-state index contributed by atoms with van der Waals surface area (Å²) >= 11 is 3.15. The number of hydrogen-bond acceptors (Lipinski definition) is 2. The monoisotopic (exact) mass is 340 g/mol. The minimum Gasteiger partial charge on any atom is -0.374 e. The van der Waals surface area contributed by atoms with Gasteiger partial charge in [-0.2, -0.15) is 0 Å². The molecule has 20 heavy (non-hydrogen) atoms. The van der Waals surface area contributed by atoms with Gasteiger partial charge in [-0.15, -0.1) is 0 Å². The molecule has 1 amide bonds. The van der Waals surface area contributed by atoms with E-state index in [1.807, 2.05) is 0 Å². The van der Waals surface area contributed by atoms with Gasteiger partial charge in [0, 0.05) is 10.2 Å². The number of anilines is 2. The van der Waals surface area contributed by atoms with Crippen LogP contribution in [0.3, 0.4) is 0 Å². The minimum atomic E-state index is -0.450. The number of carbonyl (C=O) groups is 1. The lowest BCUT2D eigenvalue weighted by Gasteiger charge is -2.08. The van der Waals surface area contributed by atoms with Crippen LogP contribution in [-0.4, -0.2) is 12.5 Å². The molecule has 0 saturated carbocycles. The van der Waals surface area contributed by atoms with Gasteiger partial charge in [0.15, 0.2) is 0 Å². The maximum atomic E-state index is 13.5. The summed E-state index contributed by atoms with van der Waals surface area (Å²) in [5.41, 5.74) is 0.719. The SMILES string of the molecule is O=C(CNc1ccc(Br)cc1F)Nc1ccc(F)cc1. The number of hydrogen-bond donors (Lipinski definition) is 2. The second-order valence-electron chi connectivity index (χ2n) is 4.03. The average Bonchev–Trinajstić information content (AvgIpc) is 2.40. The summed E-state index contributed by atoms with van der Waals surface area (Å²) in [5.74, 6) is -1.18. The molecular weight excluding hydrogens is 330 g/mol. The van der Waals surface area contributed by atoms with E-state index in [-0.39, 0.29) is 24.0 Å². The Bertz CT molecular complexity index is 617. The molecule has 2 aromatic rings. The van der Waals surface area contributed by atoms with Crippen molar-refractivity contribution in [2.75, 3.05) is 17.2 Å². The Hall–Kier alpha value is -1.95. The van der Waals surface area contributed by atoms with Crippen molar-refractivity contribution in [2.45, 2.75) is 0 Å².